The summed E-state index contributed by atoms with van der Waals surface area (Å²) in [5.74, 6) is 0.737. The Bertz CT molecular complexity index is 1170. The van der Waals surface area contributed by atoms with Gasteiger partial charge < -0.3 is 14.7 Å². The van der Waals surface area contributed by atoms with E-state index in [0.29, 0.717) is 0 Å². The number of aromatic amines is 1. The lowest BCUT2D eigenvalue weighted by Crippen LogP contribution is -2.00. The van der Waals surface area contributed by atoms with E-state index in [9.17, 15) is 0 Å². The zero-order chi connectivity index (χ0) is 16.6. The van der Waals surface area contributed by atoms with Gasteiger partial charge in [0.1, 0.15) is 0 Å². The summed E-state index contributed by atoms with van der Waals surface area (Å²) in [7, 11) is 0. The van der Waals surface area contributed by atoms with Gasteiger partial charge >= 0.3 is 0 Å². The van der Waals surface area contributed by atoms with Crippen molar-refractivity contribution in [3.63, 3.8) is 0 Å². The summed E-state index contributed by atoms with van der Waals surface area (Å²) >= 11 is 0. The van der Waals surface area contributed by atoms with Crippen molar-refractivity contribution in [3.8, 4) is 11.3 Å². The molecule has 0 aliphatic rings. The van der Waals surface area contributed by atoms with E-state index in [1.807, 2.05) is 47.3 Å². The van der Waals surface area contributed by atoms with Crippen LogP contribution in [0.3, 0.4) is 0 Å². The molecular formula is C20H15N5. The van der Waals surface area contributed by atoms with Gasteiger partial charge in [-0.25, -0.2) is 9.97 Å². The van der Waals surface area contributed by atoms with Crippen LogP contribution in [0, 0.1) is 0 Å². The molecule has 0 spiro atoms. The molecule has 3 heterocycles. The Morgan fingerprint density at radius 1 is 1.00 bits per heavy atom. The maximum Gasteiger partial charge on any atom is 0.180 e. The lowest BCUT2D eigenvalue weighted by molar-refractivity contribution is 1.13. The molecule has 0 atom stereocenters. The molecule has 2 N–H and O–H groups in total. The quantitative estimate of drug-likeness (QED) is 0.509. The minimum atomic E-state index is 0.737. The van der Waals surface area contributed by atoms with E-state index in [-0.39, 0.29) is 0 Å². The predicted octanol–water partition coefficient (Wildman–Crippen LogP) is 4.62. The van der Waals surface area contributed by atoms with Gasteiger partial charge in [0.15, 0.2) is 11.5 Å². The smallest absolute Gasteiger partial charge is 0.180 e. The van der Waals surface area contributed by atoms with Gasteiger partial charge in [-0.3, -0.25) is 0 Å². The summed E-state index contributed by atoms with van der Waals surface area (Å²) in [6.07, 6.45) is 7.66. The molecule has 0 fully saturated rings. The Hall–Kier alpha value is -3.60. The second-order valence-corrected chi connectivity index (χ2v) is 5.90. The Morgan fingerprint density at radius 3 is 2.84 bits per heavy atom. The summed E-state index contributed by atoms with van der Waals surface area (Å²) in [6.45, 7) is 0. The molecule has 5 rings (SSSR count). The van der Waals surface area contributed by atoms with E-state index in [4.69, 9.17) is 4.98 Å². The van der Waals surface area contributed by atoms with Crippen LogP contribution in [0.1, 0.15) is 0 Å². The predicted molar refractivity (Wildman–Crippen MR) is 100 cm³/mol. The molecule has 2 aromatic carbocycles. The highest BCUT2D eigenvalue weighted by atomic mass is 15.1. The number of imidazole rings is 1. The van der Waals surface area contributed by atoms with E-state index in [1.165, 1.54) is 0 Å². The minimum absolute atomic E-state index is 0.737. The number of fused-ring (bicyclic) bond motifs is 2. The van der Waals surface area contributed by atoms with Gasteiger partial charge in [0.25, 0.3) is 0 Å². The van der Waals surface area contributed by atoms with Crippen molar-refractivity contribution >= 4 is 28.1 Å². The minimum Gasteiger partial charge on any atom is -0.361 e. The largest absolute Gasteiger partial charge is 0.361 e. The molecule has 0 unspecified atom stereocenters. The lowest BCUT2D eigenvalue weighted by atomic mass is 10.2. The first-order valence-electron chi connectivity index (χ1n) is 8.10. The molecule has 3 aromatic heterocycles. The average Bonchev–Trinajstić information content (AvgIpc) is 3.31. The van der Waals surface area contributed by atoms with Crippen LogP contribution in [0.15, 0.2) is 79.4 Å². The molecule has 5 nitrogen and oxygen atoms in total. The number of H-pyrrole nitrogens is 1. The second kappa shape index (κ2) is 5.49. The number of hydrogen-bond donors (Lipinski definition) is 2. The SMILES string of the molecule is c1ccc(-c2cn3ccnc3c(Nc3ccc4[nH]ccc4c3)n2)cc1. The van der Waals surface area contributed by atoms with Crippen molar-refractivity contribution in [1.29, 1.82) is 0 Å². The normalized spacial score (nSPS) is 11.2. The van der Waals surface area contributed by atoms with Gasteiger partial charge in [0, 0.05) is 46.9 Å². The van der Waals surface area contributed by atoms with E-state index >= 15 is 0 Å². The Balaban J connectivity index is 1.62. The van der Waals surface area contributed by atoms with Crippen molar-refractivity contribution in [2.24, 2.45) is 0 Å². The Morgan fingerprint density at radius 2 is 1.92 bits per heavy atom. The van der Waals surface area contributed by atoms with Gasteiger partial charge in [-0.2, -0.15) is 0 Å². The molecule has 120 valence electrons. The number of nitrogens with zero attached hydrogens (tertiary/aromatic N) is 3. The molecule has 5 heteroatoms. The van der Waals surface area contributed by atoms with Crippen molar-refractivity contribution in [2.45, 2.75) is 0 Å². The zero-order valence-corrected chi connectivity index (χ0v) is 13.3. The van der Waals surface area contributed by atoms with Gasteiger partial charge in [-0.15, -0.1) is 0 Å². The van der Waals surface area contributed by atoms with Crippen molar-refractivity contribution in [1.82, 2.24) is 19.4 Å². The van der Waals surface area contributed by atoms with E-state index in [0.717, 1.165) is 39.3 Å². The molecule has 0 saturated carbocycles. The highest BCUT2D eigenvalue weighted by Crippen LogP contribution is 2.26. The number of benzene rings is 2. The number of anilines is 2. The molecule has 5 aromatic rings. The fraction of sp³-hybridized carbons (Fsp3) is 0. The van der Waals surface area contributed by atoms with E-state index in [1.54, 1.807) is 6.20 Å². The standard InChI is InChI=1S/C20H15N5/c1-2-4-14(5-3-1)18-13-25-11-10-22-20(25)19(24-18)23-16-6-7-17-15(12-16)8-9-21-17/h1-13,21H,(H,23,24). The molecular weight excluding hydrogens is 310 g/mol. The van der Waals surface area contributed by atoms with Gasteiger partial charge in [0.05, 0.1) is 5.69 Å². The topological polar surface area (TPSA) is 58.0 Å². The average molecular weight is 325 g/mol. The van der Waals surface area contributed by atoms with Crippen molar-refractivity contribution in [2.75, 3.05) is 5.32 Å². The molecule has 25 heavy (non-hydrogen) atoms. The molecule has 0 bridgehead atoms. The monoisotopic (exact) mass is 325 g/mol. The van der Waals surface area contributed by atoms with Crippen LogP contribution in [0.2, 0.25) is 0 Å². The summed E-state index contributed by atoms with van der Waals surface area (Å²) in [4.78, 5) is 12.4. The van der Waals surface area contributed by atoms with Crippen LogP contribution in [0.4, 0.5) is 11.5 Å². The molecule has 0 aliphatic carbocycles. The fourth-order valence-electron chi connectivity index (χ4n) is 3.03. The first-order chi connectivity index (χ1) is 12.4. The molecule has 0 aliphatic heterocycles. The molecule has 0 amide bonds. The van der Waals surface area contributed by atoms with Gasteiger partial charge in [-0.05, 0) is 24.3 Å². The van der Waals surface area contributed by atoms with Crippen molar-refractivity contribution < 1.29 is 0 Å². The van der Waals surface area contributed by atoms with Crippen LogP contribution < -0.4 is 5.32 Å². The third kappa shape index (κ3) is 2.42. The van der Waals surface area contributed by atoms with Crippen LogP contribution >= 0.6 is 0 Å². The van der Waals surface area contributed by atoms with Gasteiger partial charge in [-0.1, -0.05) is 30.3 Å². The first-order valence-corrected chi connectivity index (χ1v) is 8.10. The third-order valence-corrected chi connectivity index (χ3v) is 4.26. The second-order valence-electron chi connectivity index (χ2n) is 5.90. The molecule has 0 saturated heterocycles. The maximum absolute atomic E-state index is 4.80. The lowest BCUT2D eigenvalue weighted by Gasteiger charge is -2.10. The van der Waals surface area contributed by atoms with E-state index in [2.05, 4.69) is 45.6 Å². The Labute approximate surface area is 144 Å². The highest BCUT2D eigenvalue weighted by molar-refractivity contribution is 5.85. The zero-order valence-electron chi connectivity index (χ0n) is 13.3. The Kier molecular flexibility index (Phi) is 3.03. The number of rotatable bonds is 3. The fourth-order valence-corrected chi connectivity index (χ4v) is 3.03. The summed E-state index contributed by atoms with van der Waals surface area (Å²) in [5.41, 5.74) is 4.87. The first kappa shape index (κ1) is 13.8. The summed E-state index contributed by atoms with van der Waals surface area (Å²) in [6, 6.07) is 18.4. The number of aromatic nitrogens is 4. The van der Waals surface area contributed by atoms with E-state index < -0.39 is 0 Å². The molecule has 0 radical (unpaired) electrons. The summed E-state index contributed by atoms with van der Waals surface area (Å²) < 4.78 is 1.99. The van der Waals surface area contributed by atoms with Crippen LogP contribution in [0.5, 0.6) is 0 Å². The van der Waals surface area contributed by atoms with Crippen molar-refractivity contribution in [3.05, 3.63) is 79.4 Å². The van der Waals surface area contributed by atoms with Crippen LogP contribution in [0.25, 0.3) is 27.8 Å². The number of nitrogens with one attached hydrogen (secondary N) is 2. The van der Waals surface area contributed by atoms with Gasteiger partial charge in [0.2, 0.25) is 0 Å². The van der Waals surface area contributed by atoms with Crippen LogP contribution in [-0.2, 0) is 0 Å². The highest BCUT2D eigenvalue weighted by Gasteiger charge is 2.09. The summed E-state index contributed by atoms with van der Waals surface area (Å²) in [5, 5.41) is 4.57. The third-order valence-electron chi connectivity index (χ3n) is 4.26. The maximum atomic E-state index is 4.80. The number of hydrogen-bond acceptors (Lipinski definition) is 3. The van der Waals surface area contributed by atoms with Crippen LogP contribution in [-0.4, -0.2) is 19.4 Å².